The third-order valence-corrected chi connectivity index (χ3v) is 3.83. The number of benzene rings is 2. The third-order valence-electron chi connectivity index (χ3n) is 3.42. The molecule has 0 heterocycles. The van der Waals surface area contributed by atoms with Crippen molar-refractivity contribution in [3.8, 4) is 0 Å². The van der Waals surface area contributed by atoms with Gasteiger partial charge in [0.15, 0.2) is 0 Å². The standard InChI is InChI=1S/C17H15ClN2O5/c1-3-25-17(22)12-7-11(8-13(9-12)20(23)24)16(21)19-15-6-4-5-14(18)10(15)2/h4-9H,3H2,1-2H3,(H,19,21). The van der Waals surface area contributed by atoms with Gasteiger partial charge in [0.2, 0.25) is 0 Å². The Hall–Kier alpha value is -2.93. The lowest BCUT2D eigenvalue weighted by Gasteiger charge is -2.10. The summed E-state index contributed by atoms with van der Waals surface area (Å²) in [7, 11) is 0. The Morgan fingerprint density at radius 3 is 2.56 bits per heavy atom. The number of nitro groups is 1. The summed E-state index contributed by atoms with van der Waals surface area (Å²) in [5.74, 6) is -1.33. The van der Waals surface area contributed by atoms with E-state index in [1.807, 2.05) is 0 Å². The number of ether oxygens (including phenoxy) is 1. The number of nitro benzene ring substituents is 1. The van der Waals surface area contributed by atoms with Crippen molar-refractivity contribution >= 4 is 34.9 Å². The Kier molecular flexibility index (Phi) is 5.71. The maximum Gasteiger partial charge on any atom is 0.338 e. The summed E-state index contributed by atoms with van der Waals surface area (Å²) in [5.41, 5.74) is 0.661. The van der Waals surface area contributed by atoms with Crippen LogP contribution >= 0.6 is 11.6 Å². The van der Waals surface area contributed by atoms with Gasteiger partial charge in [-0.25, -0.2) is 4.79 Å². The number of amides is 1. The Morgan fingerprint density at radius 2 is 1.92 bits per heavy atom. The van der Waals surface area contributed by atoms with Crippen molar-refractivity contribution in [3.63, 3.8) is 0 Å². The average molecular weight is 363 g/mol. The summed E-state index contributed by atoms with van der Waals surface area (Å²) in [6, 6.07) is 8.42. The molecule has 7 nitrogen and oxygen atoms in total. The number of hydrogen-bond donors (Lipinski definition) is 1. The number of hydrogen-bond acceptors (Lipinski definition) is 5. The smallest absolute Gasteiger partial charge is 0.338 e. The second-order valence-corrected chi connectivity index (χ2v) is 5.52. The molecule has 0 atom stereocenters. The minimum absolute atomic E-state index is 0.0309. The number of esters is 1. The molecule has 0 saturated heterocycles. The molecule has 0 bridgehead atoms. The lowest BCUT2D eigenvalue weighted by atomic mass is 10.1. The van der Waals surface area contributed by atoms with Crippen LogP contribution in [0.5, 0.6) is 0 Å². The highest BCUT2D eigenvalue weighted by Gasteiger charge is 2.19. The summed E-state index contributed by atoms with van der Waals surface area (Å²) < 4.78 is 4.84. The molecule has 0 aliphatic rings. The first-order valence-corrected chi connectivity index (χ1v) is 7.74. The van der Waals surface area contributed by atoms with Gasteiger partial charge in [-0.1, -0.05) is 17.7 Å². The van der Waals surface area contributed by atoms with Crippen LogP contribution in [0, 0.1) is 17.0 Å². The van der Waals surface area contributed by atoms with Crippen molar-refractivity contribution in [3.05, 3.63) is 68.2 Å². The van der Waals surface area contributed by atoms with Gasteiger partial charge in [-0.15, -0.1) is 0 Å². The van der Waals surface area contributed by atoms with Crippen molar-refractivity contribution < 1.29 is 19.2 Å². The fourth-order valence-electron chi connectivity index (χ4n) is 2.12. The molecule has 0 aliphatic carbocycles. The molecule has 0 spiro atoms. The second-order valence-electron chi connectivity index (χ2n) is 5.11. The van der Waals surface area contributed by atoms with Gasteiger partial charge in [-0.2, -0.15) is 0 Å². The summed E-state index contributed by atoms with van der Waals surface area (Å²) >= 11 is 6.01. The van der Waals surface area contributed by atoms with Crippen molar-refractivity contribution in [2.24, 2.45) is 0 Å². The van der Waals surface area contributed by atoms with E-state index in [-0.39, 0.29) is 23.4 Å². The van der Waals surface area contributed by atoms with E-state index in [0.717, 1.165) is 12.1 Å². The molecule has 1 N–H and O–H groups in total. The van der Waals surface area contributed by atoms with E-state index < -0.39 is 16.8 Å². The SMILES string of the molecule is CCOC(=O)c1cc(C(=O)Nc2cccc(Cl)c2C)cc([N+](=O)[O-])c1. The van der Waals surface area contributed by atoms with Gasteiger partial charge in [-0.05, 0) is 37.6 Å². The summed E-state index contributed by atoms with van der Waals surface area (Å²) in [6.07, 6.45) is 0. The zero-order valence-corrected chi connectivity index (χ0v) is 14.3. The Bertz CT molecular complexity index is 851. The number of nitrogens with one attached hydrogen (secondary N) is 1. The monoisotopic (exact) mass is 362 g/mol. The van der Waals surface area contributed by atoms with Gasteiger partial charge in [0.1, 0.15) is 0 Å². The highest BCUT2D eigenvalue weighted by molar-refractivity contribution is 6.31. The van der Waals surface area contributed by atoms with E-state index in [1.165, 1.54) is 6.07 Å². The van der Waals surface area contributed by atoms with Crippen LogP contribution < -0.4 is 5.32 Å². The van der Waals surface area contributed by atoms with Crippen molar-refractivity contribution in [2.45, 2.75) is 13.8 Å². The second kappa shape index (κ2) is 7.76. The van der Waals surface area contributed by atoms with Crippen LogP contribution in [0.25, 0.3) is 0 Å². The molecule has 130 valence electrons. The van der Waals surface area contributed by atoms with Crippen LogP contribution in [0.1, 0.15) is 33.2 Å². The zero-order valence-electron chi connectivity index (χ0n) is 13.5. The molecule has 1 amide bonds. The van der Waals surface area contributed by atoms with E-state index >= 15 is 0 Å². The Balaban J connectivity index is 2.39. The van der Waals surface area contributed by atoms with Gasteiger partial charge >= 0.3 is 5.97 Å². The first-order chi connectivity index (χ1) is 11.8. The highest BCUT2D eigenvalue weighted by atomic mass is 35.5. The minimum Gasteiger partial charge on any atom is -0.462 e. The molecular weight excluding hydrogens is 348 g/mol. The molecule has 0 radical (unpaired) electrons. The number of anilines is 1. The van der Waals surface area contributed by atoms with Crippen LogP contribution in [-0.4, -0.2) is 23.4 Å². The number of carbonyl (C=O) groups excluding carboxylic acids is 2. The van der Waals surface area contributed by atoms with E-state index in [0.29, 0.717) is 16.3 Å². The van der Waals surface area contributed by atoms with Gasteiger partial charge in [0.25, 0.3) is 11.6 Å². The maximum absolute atomic E-state index is 12.5. The molecular formula is C17H15ClN2O5. The highest BCUT2D eigenvalue weighted by Crippen LogP contribution is 2.24. The van der Waals surface area contributed by atoms with Gasteiger partial charge in [0.05, 0.1) is 17.1 Å². The third kappa shape index (κ3) is 4.33. The molecule has 2 aromatic rings. The topological polar surface area (TPSA) is 98.5 Å². The van der Waals surface area contributed by atoms with Gasteiger partial charge in [-0.3, -0.25) is 14.9 Å². The van der Waals surface area contributed by atoms with Gasteiger partial charge < -0.3 is 10.1 Å². The molecule has 0 aliphatic heterocycles. The number of halogens is 1. The fourth-order valence-corrected chi connectivity index (χ4v) is 2.29. The van der Waals surface area contributed by atoms with Crippen LogP contribution in [0.4, 0.5) is 11.4 Å². The van der Waals surface area contributed by atoms with Crippen molar-refractivity contribution in [1.82, 2.24) is 0 Å². The molecule has 2 rings (SSSR count). The Morgan fingerprint density at radius 1 is 1.24 bits per heavy atom. The predicted molar refractivity (Wildman–Crippen MR) is 93.2 cm³/mol. The number of nitrogens with zero attached hydrogens (tertiary/aromatic N) is 1. The Labute approximate surface area is 148 Å². The molecule has 0 aromatic heterocycles. The molecule has 0 unspecified atom stereocenters. The summed E-state index contributed by atoms with van der Waals surface area (Å²) in [6.45, 7) is 3.46. The zero-order chi connectivity index (χ0) is 18.6. The van der Waals surface area contributed by atoms with E-state index in [9.17, 15) is 19.7 Å². The maximum atomic E-state index is 12.5. The van der Waals surface area contributed by atoms with Crippen molar-refractivity contribution in [2.75, 3.05) is 11.9 Å². The fraction of sp³-hybridized carbons (Fsp3) is 0.176. The normalized spacial score (nSPS) is 10.2. The number of carbonyl (C=O) groups is 2. The van der Waals surface area contributed by atoms with E-state index in [4.69, 9.17) is 16.3 Å². The van der Waals surface area contributed by atoms with E-state index in [2.05, 4.69) is 5.32 Å². The molecule has 2 aromatic carbocycles. The van der Waals surface area contributed by atoms with Crippen LogP contribution in [0.15, 0.2) is 36.4 Å². The lowest BCUT2D eigenvalue weighted by Crippen LogP contribution is -2.15. The molecule has 8 heteroatoms. The summed E-state index contributed by atoms with van der Waals surface area (Å²) in [5, 5.41) is 14.2. The van der Waals surface area contributed by atoms with Crippen LogP contribution in [0.2, 0.25) is 5.02 Å². The van der Waals surface area contributed by atoms with Crippen LogP contribution in [0.3, 0.4) is 0 Å². The largest absolute Gasteiger partial charge is 0.462 e. The molecule has 0 fully saturated rings. The summed E-state index contributed by atoms with van der Waals surface area (Å²) in [4.78, 5) is 34.7. The number of non-ortho nitro benzene ring substituents is 1. The molecule has 25 heavy (non-hydrogen) atoms. The minimum atomic E-state index is -0.737. The average Bonchev–Trinajstić information content (AvgIpc) is 2.58. The molecule has 0 saturated carbocycles. The van der Waals surface area contributed by atoms with Crippen LogP contribution in [-0.2, 0) is 4.74 Å². The predicted octanol–water partition coefficient (Wildman–Crippen LogP) is 3.99. The quantitative estimate of drug-likeness (QED) is 0.492. The van der Waals surface area contributed by atoms with Crippen molar-refractivity contribution in [1.29, 1.82) is 0 Å². The lowest BCUT2D eigenvalue weighted by molar-refractivity contribution is -0.384. The van der Waals surface area contributed by atoms with E-state index in [1.54, 1.807) is 32.0 Å². The first kappa shape index (κ1) is 18.4. The van der Waals surface area contributed by atoms with Gasteiger partial charge in [0, 0.05) is 28.4 Å². The number of rotatable bonds is 5. The first-order valence-electron chi connectivity index (χ1n) is 7.36.